The Kier molecular flexibility index (Phi) is 18.7. The van der Waals surface area contributed by atoms with Crippen LogP contribution in [0.15, 0.2) is 24.3 Å². The van der Waals surface area contributed by atoms with E-state index in [0.29, 0.717) is 0 Å². The summed E-state index contributed by atoms with van der Waals surface area (Å²) in [6.45, 7) is 2.69. The van der Waals surface area contributed by atoms with E-state index in [1.54, 1.807) is 12.1 Å². The lowest BCUT2D eigenvalue weighted by Crippen LogP contribution is -2.70. The van der Waals surface area contributed by atoms with Crippen molar-refractivity contribution in [2.45, 2.75) is 70.4 Å². The number of nitrogens with one attached hydrogen (secondary N) is 2. The molecule has 18 nitrogen and oxygen atoms in total. The molecule has 0 aliphatic carbocycles. The van der Waals surface area contributed by atoms with Crippen molar-refractivity contribution < 1.29 is 76.2 Å². The molecule has 1 aliphatic heterocycles. The first-order chi connectivity index (χ1) is 25.1. The van der Waals surface area contributed by atoms with E-state index in [4.69, 9.17) is 60.7 Å². The Labute approximate surface area is 310 Å². The zero-order chi connectivity index (χ0) is 39.6. The van der Waals surface area contributed by atoms with Crippen LogP contribution in [0.2, 0.25) is 5.02 Å². The smallest absolute Gasteiger partial charge is 0.366 e. The second kappa shape index (κ2) is 22.3. The average molecular weight is 771 g/mol. The summed E-state index contributed by atoms with van der Waals surface area (Å²) in [5, 5.41) is 5.17. The summed E-state index contributed by atoms with van der Waals surface area (Å²) in [7, 11) is 1.02. The molecule has 6 atom stereocenters. The highest BCUT2D eigenvalue weighted by atomic mass is 35.5. The molecular weight excluding hydrogens is 728 g/mol. The van der Waals surface area contributed by atoms with E-state index in [9.17, 15) is 33.6 Å². The summed E-state index contributed by atoms with van der Waals surface area (Å²) in [5.74, 6) is -6.43. The van der Waals surface area contributed by atoms with Gasteiger partial charge in [-0.2, -0.15) is 0 Å². The number of amides is 2. The molecule has 0 bridgehead atoms. The minimum absolute atomic E-state index is 0.0576. The minimum Gasteiger partial charge on any atom is -0.465 e. The molecule has 1 aromatic carbocycles. The number of terminal acetylenes is 1. The number of esters is 5. The van der Waals surface area contributed by atoms with Crippen molar-refractivity contribution in [3.63, 3.8) is 0 Å². The maximum Gasteiger partial charge on any atom is 0.366 e. The van der Waals surface area contributed by atoms with Gasteiger partial charge in [-0.15, -0.1) is 6.42 Å². The van der Waals surface area contributed by atoms with E-state index in [2.05, 4.69) is 16.6 Å². The van der Waals surface area contributed by atoms with Crippen molar-refractivity contribution in [2.75, 3.05) is 53.3 Å². The van der Waals surface area contributed by atoms with Crippen LogP contribution in [0.3, 0.4) is 0 Å². The zero-order valence-corrected chi connectivity index (χ0v) is 30.6. The lowest BCUT2D eigenvalue weighted by atomic mass is 9.87. The van der Waals surface area contributed by atoms with Crippen LogP contribution in [-0.4, -0.2) is 131 Å². The topological polar surface area (TPSA) is 227 Å². The van der Waals surface area contributed by atoms with Crippen LogP contribution >= 0.6 is 11.6 Å². The standard InChI is InChI=1S/C34H43ClN2O16/c1-7-12-46-13-14-47-15-16-49-34(33(44)45-6)17-26(50-21(3)39)29(37-28(42)19-48-20(2)38)31(53-34)30(52-23(5)41)27(51-22(4)40)18-36-32(43)24-10-8-9-11-25(24)35/h1,8-11,26-27,29-31H,12-19H2,2-6H3,(H,36,43)(H,37,42)/t26-,27+,29+,30+,31+,34+/m0/s1. The van der Waals surface area contributed by atoms with Gasteiger partial charge >= 0.3 is 29.8 Å². The highest BCUT2D eigenvalue weighted by Crippen LogP contribution is 2.37. The van der Waals surface area contributed by atoms with Gasteiger partial charge in [0.15, 0.2) is 18.8 Å². The number of benzene rings is 1. The third-order valence-corrected chi connectivity index (χ3v) is 7.44. The van der Waals surface area contributed by atoms with Crippen molar-refractivity contribution >= 4 is 53.3 Å². The molecule has 1 aliphatic rings. The number of ether oxygens (including phenoxy) is 9. The summed E-state index contributed by atoms with van der Waals surface area (Å²) >= 11 is 6.18. The molecule has 0 saturated carbocycles. The van der Waals surface area contributed by atoms with Crippen molar-refractivity contribution in [3.05, 3.63) is 34.9 Å². The molecule has 53 heavy (non-hydrogen) atoms. The van der Waals surface area contributed by atoms with Gasteiger partial charge in [-0.25, -0.2) is 4.79 Å². The Balaban J connectivity index is 2.65. The molecule has 1 heterocycles. The molecule has 1 fully saturated rings. The number of carbonyl (C=O) groups excluding carboxylic acids is 7. The molecular formula is C34H43ClN2O16. The van der Waals surface area contributed by atoms with Gasteiger partial charge in [-0.3, -0.25) is 28.8 Å². The largest absolute Gasteiger partial charge is 0.465 e. The third-order valence-electron chi connectivity index (χ3n) is 7.11. The van der Waals surface area contributed by atoms with Gasteiger partial charge < -0.3 is 53.3 Å². The molecule has 2 N–H and O–H groups in total. The lowest BCUT2D eigenvalue weighted by Gasteiger charge is -2.48. The van der Waals surface area contributed by atoms with Crippen molar-refractivity contribution in [3.8, 4) is 12.3 Å². The van der Waals surface area contributed by atoms with E-state index < -0.39 is 97.5 Å². The molecule has 19 heteroatoms. The van der Waals surface area contributed by atoms with Crippen molar-refractivity contribution in [1.29, 1.82) is 0 Å². The molecule has 1 aromatic rings. The highest BCUT2D eigenvalue weighted by molar-refractivity contribution is 6.33. The first kappa shape index (κ1) is 44.4. The maximum atomic E-state index is 13.5. The SMILES string of the molecule is C#CCOCCOCCO[C@]1(C(=O)OC)C[C@H](OC(C)=O)[C@@H](NC(=O)COC(C)=O)[C@H]([C@H](OC(C)=O)[C@@H](CNC(=O)c2ccccc2Cl)OC(C)=O)O1. The Bertz CT molecular complexity index is 1500. The first-order valence-corrected chi connectivity index (χ1v) is 16.5. The van der Waals surface area contributed by atoms with Crippen molar-refractivity contribution in [2.24, 2.45) is 0 Å². The molecule has 0 aromatic heterocycles. The number of hydrogen-bond donors (Lipinski definition) is 2. The number of rotatable bonds is 20. The fourth-order valence-electron chi connectivity index (χ4n) is 5.09. The highest BCUT2D eigenvalue weighted by Gasteiger charge is 2.59. The quantitative estimate of drug-likeness (QED) is 0.0784. The molecule has 0 spiro atoms. The Hall–Kier alpha value is -4.80. The third kappa shape index (κ3) is 14.6. The summed E-state index contributed by atoms with van der Waals surface area (Å²) < 4.78 is 49.3. The molecule has 2 amide bonds. The number of halogens is 1. The zero-order valence-electron chi connectivity index (χ0n) is 29.8. The molecule has 0 radical (unpaired) electrons. The molecule has 0 unspecified atom stereocenters. The van der Waals surface area contributed by atoms with Gasteiger partial charge in [0.05, 0.1) is 63.1 Å². The van der Waals surface area contributed by atoms with Crippen molar-refractivity contribution in [1.82, 2.24) is 10.6 Å². The number of carbonyl (C=O) groups is 7. The lowest BCUT2D eigenvalue weighted by molar-refractivity contribution is -0.315. The predicted octanol–water partition coefficient (Wildman–Crippen LogP) is 0.254. The normalized spacial score (nSPS) is 20.4. The Morgan fingerprint density at radius 3 is 2.21 bits per heavy atom. The van der Waals surface area contributed by atoms with Crippen LogP contribution in [0.1, 0.15) is 44.5 Å². The van der Waals surface area contributed by atoms with Crippen LogP contribution < -0.4 is 10.6 Å². The Morgan fingerprint density at radius 1 is 0.943 bits per heavy atom. The van der Waals surface area contributed by atoms with E-state index in [1.807, 2.05) is 0 Å². The summed E-state index contributed by atoms with van der Waals surface area (Å²) in [6.07, 6.45) is -2.11. The number of hydrogen-bond acceptors (Lipinski definition) is 16. The predicted molar refractivity (Wildman–Crippen MR) is 180 cm³/mol. The fraction of sp³-hybridized carbons (Fsp3) is 0.559. The maximum absolute atomic E-state index is 13.5. The van der Waals surface area contributed by atoms with Gasteiger partial charge in [0.25, 0.3) is 17.6 Å². The van der Waals surface area contributed by atoms with E-state index in [1.165, 1.54) is 12.1 Å². The second-order valence-corrected chi connectivity index (χ2v) is 11.6. The Morgan fingerprint density at radius 2 is 1.60 bits per heavy atom. The second-order valence-electron chi connectivity index (χ2n) is 11.2. The molecule has 292 valence electrons. The molecule has 1 saturated heterocycles. The first-order valence-electron chi connectivity index (χ1n) is 16.1. The van der Waals surface area contributed by atoms with Crippen LogP contribution in [-0.2, 0) is 71.4 Å². The summed E-state index contributed by atoms with van der Waals surface area (Å²) in [6, 6.07) is 4.55. The number of methoxy groups -OCH3 is 1. The van der Waals surface area contributed by atoms with Crippen LogP contribution in [0.4, 0.5) is 0 Å². The van der Waals surface area contributed by atoms with Gasteiger partial charge in [0.2, 0.25) is 0 Å². The molecule has 2 rings (SSSR count). The van der Waals surface area contributed by atoms with Gasteiger partial charge in [0.1, 0.15) is 18.8 Å². The van der Waals surface area contributed by atoms with Gasteiger partial charge in [-0.05, 0) is 12.1 Å². The summed E-state index contributed by atoms with van der Waals surface area (Å²) in [5.41, 5.74) is 0.0576. The van der Waals surface area contributed by atoms with Crippen LogP contribution in [0, 0.1) is 12.3 Å². The van der Waals surface area contributed by atoms with Gasteiger partial charge in [-0.1, -0.05) is 29.7 Å². The summed E-state index contributed by atoms with van der Waals surface area (Å²) in [4.78, 5) is 88.6. The van der Waals surface area contributed by atoms with Gasteiger partial charge in [0, 0.05) is 27.7 Å². The van der Waals surface area contributed by atoms with E-state index in [0.717, 1.165) is 34.8 Å². The minimum atomic E-state index is -2.43. The van der Waals surface area contributed by atoms with E-state index in [-0.39, 0.29) is 43.6 Å². The average Bonchev–Trinajstić information content (AvgIpc) is 3.09. The van der Waals surface area contributed by atoms with Crippen LogP contribution in [0.25, 0.3) is 0 Å². The van der Waals surface area contributed by atoms with Crippen LogP contribution in [0.5, 0.6) is 0 Å². The monoisotopic (exact) mass is 770 g/mol. The van der Waals surface area contributed by atoms with E-state index >= 15 is 0 Å². The fourth-order valence-corrected chi connectivity index (χ4v) is 5.31.